The molecule has 0 aromatic rings. The normalized spacial score (nSPS) is 16.9. The van der Waals surface area contributed by atoms with Gasteiger partial charge >= 0.3 is 18.0 Å². The van der Waals surface area contributed by atoms with E-state index < -0.39 is 30.9 Å². The molecule has 0 aliphatic heterocycles. The first kappa shape index (κ1) is 13.4. The molecule has 0 fully saturated rings. The molecular formula is C5H3F9. The summed E-state index contributed by atoms with van der Waals surface area (Å²) in [5.74, 6) is -11.6. The van der Waals surface area contributed by atoms with Crippen molar-refractivity contribution in [1.82, 2.24) is 0 Å². The molecule has 1 unspecified atom stereocenters. The number of rotatable bonds is 3. The molecule has 0 nitrogen and oxygen atoms in total. The topological polar surface area (TPSA) is 0 Å². The zero-order valence-electron chi connectivity index (χ0n) is 6.19. The van der Waals surface area contributed by atoms with Crippen LogP contribution in [0, 0.1) is 0 Å². The second-order valence-corrected chi connectivity index (χ2v) is 2.38. The molecular weight excluding hydrogens is 231 g/mol. The summed E-state index contributed by atoms with van der Waals surface area (Å²) in [6.45, 7) is -2.93. The maximum Gasteiger partial charge on any atom is 0.456 e. The summed E-state index contributed by atoms with van der Waals surface area (Å²) in [4.78, 5) is 0. The number of hydrogen-bond donors (Lipinski definition) is 0. The highest BCUT2D eigenvalue weighted by molar-refractivity contribution is 4.93. The fraction of sp³-hybridized carbons (Fsp3) is 1.00. The summed E-state index contributed by atoms with van der Waals surface area (Å²) in [5, 5.41) is 0. The van der Waals surface area contributed by atoms with E-state index >= 15 is 0 Å². The van der Waals surface area contributed by atoms with Crippen molar-refractivity contribution in [2.45, 2.75) is 24.2 Å². The number of hydrogen-bond acceptors (Lipinski definition) is 0. The van der Waals surface area contributed by atoms with Crippen LogP contribution in [-0.4, -0.2) is 30.9 Å². The molecule has 0 aromatic heterocycles. The molecule has 0 spiro atoms. The standard InChI is InChI=1S/C5H3F9/c6-1-3(8,9)2(7)4(10,11)5(12,13)14/h2H,1H2. The lowest BCUT2D eigenvalue weighted by Gasteiger charge is -2.27. The average molecular weight is 234 g/mol. The molecule has 86 valence electrons. The Morgan fingerprint density at radius 2 is 1.21 bits per heavy atom. The molecule has 14 heavy (non-hydrogen) atoms. The second-order valence-electron chi connectivity index (χ2n) is 2.38. The predicted molar refractivity (Wildman–Crippen MR) is 26.8 cm³/mol. The fourth-order valence-corrected chi connectivity index (χ4v) is 0.477. The first-order valence-electron chi connectivity index (χ1n) is 2.99. The molecule has 0 N–H and O–H groups in total. The number of alkyl halides is 9. The Bertz CT molecular complexity index is 192. The van der Waals surface area contributed by atoms with Crippen LogP contribution in [0.4, 0.5) is 39.5 Å². The van der Waals surface area contributed by atoms with Gasteiger partial charge < -0.3 is 0 Å². The van der Waals surface area contributed by atoms with Crippen molar-refractivity contribution >= 4 is 0 Å². The SMILES string of the molecule is FCC(F)(F)C(F)C(F)(F)C(F)(F)F. The number of halogens is 9. The second kappa shape index (κ2) is 3.50. The van der Waals surface area contributed by atoms with Crippen molar-refractivity contribution in [3.8, 4) is 0 Å². The quantitative estimate of drug-likeness (QED) is 0.658. The van der Waals surface area contributed by atoms with E-state index in [-0.39, 0.29) is 0 Å². The van der Waals surface area contributed by atoms with E-state index in [1.54, 1.807) is 0 Å². The maximum atomic E-state index is 12.0. The third-order valence-corrected chi connectivity index (χ3v) is 1.25. The van der Waals surface area contributed by atoms with E-state index in [2.05, 4.69) is 0 Å². The highest BCUT2D eigenvalue weighted by Gasteiger charge is 2.70. The van der Waals surface area contributed by atoms with Crippen LogP contribution in [0.25, 0.3) is 0 Å². The molecule has 0 bridgehead atoms. The molecule has 0 rings (SSSR count). The minimum absolute atomic E-state index is 2.93. The van der Waals surface area contributed by atoms with Crippen molar-refractivity contribution in [2.24, 2.45) is 0 Å². The molecule has 0 aliphatic rings. The molecule has 9 heteroatoms. The molecule has 0 heterocycles. The average Bonchev–Trinajstić information content (AvgIpc) is 2.01. The van der Waals surface area contributed by atoms with Crippen LogP contribution >= 0.6 is 0 Å². The van der Waals surface area contributed by atoms with Gasteiger partial charge in [-0.15, -0.1) is 0 Å². The minimum atomic E-state index is -6.48. The molecule has 0 aliphatic carbocycles. The van der Waals surface area contributed by atoms with Gasteiger partial charge in [0.25, 0.3) is 0 Å². The lowest BCUT2D eigenvalue weighted by Crippen LogP contribution is -2.53. The van der Waals surface area contributed by atoms with Gasteiger partial charge in [0.1, 0.15) is 0 Å². The van der Waals surface area contributed by atoms with E-state index in [0.29, 0.717) is 0 Å². The van der Waals surface area contributed by atoms with Crippen LogP contribution in [0.2, 0.25) is 0 Å². The Kier molecular flexibility index (Phi) is 3.34. The largest absolute Gasteiger partial charge is 0.456 e. The minimum Gasteiger partial charge on any atom is -0.244 e. The van der Waals surface area contributed by atoms with Crippen LogP contribution in [0.15, 0.2) is 0 Å². The summed E-state index contributed by atoms with van der Waals surface area (Å²) in [6, 6.07) is 0. The Hall–Kier alpha value is -0.630. The zero-order chi connectivity index (χ0) is 11.8. The van der Waals surface area contributed by atoms with Gasteiger partial charge in [-0.1, -0.05) is 0 Å². The lowest BCUT2D eigenvalue weighted by molar-refractivity contribution is -0.328. The van der Waals surface area contributed by atoms with Gasteiger partial charge in [0, 0.05) is 0 Å². The van der Waals surface area contributed by atoms with E-state index in [9.17, 15) is 39.5 Å². The molecule has 0 amide bonds. The monoisotopic (exact) mass is 234 g/mol. The summed E-state index contributed by atoms with van der Waals surface area (Å²) in [6.07, 6.45) is -11.4. The Labute approximate surface area is 71.7 Å². The van der Waals surface area contributed by atoms with Crippen LogP contribution < -0.4 is 0 Å². The first-order chi connectivity index (χ1) is 5.97. The van der Waals surface area contributed by atoms with Crippen molar-refractivity contribution in [3.05, 3.63) is 0 Å². The summed E-state index contributed by atoms with van der Waals surface area (Å²) in [7, 11) is 0. The van der Waals surface area contributed by atoms with E-state index in [0.717, 1.165) is 0 Å². The Morgan fingerprint density at radius 3 is 1.43 bits per heavy atom. The van der Waals surface area contributed by atoms with E-state index in [1.807, 2.05) is 0 Å². The third-order valence-electron chi connectivity index (χ3n) is 1.25. The summed E-state index contributed by atoms with van der Waals surface area (Å²) >= 11 is 0. The molecule has 0 saturated heterocycles. The van der Waals surface area contributed by atoms with Crippen LogP contribution in [0.3, 0.4) is 0 Å². The molecule has 1 atom stereocenters. The summed E-state index contributed by atoms with van der Waals surface area (Å²) in [5.41, 5.74) is 0. The van der Waals surface area contributed by atoms with Crippen LogP contribution in [-0.2, 0) is 0 Å². The predicted octanol–water partition coefficient (Wildman–Crippen LogP) is 3.13. The van der Waals surface area contributed by atoms with Gasteiger partial charge in [0.2, 0.25) is 6.17 Å². The van der Waals surface area contributed by atoms with Crippen molar-refractivity contribution in [1.29, 1.82) is 0 Å². The van der Waals surface area contributed by atoms with E-state index in [4.69, 9.17) is 0 Å². The highest BCUT2D eigenvalue weighted by Crippen LogP contribution is 2.44. The van der Waals surface area contributed by atoms with Crippen molar-refractivity contribution in [3.63, 3.8) is 0 Å². The van der Waals surface area contributed by atoms with Gasteiger partial charge in [-0.25, -0.2) is 17.6 Å². The third kappa shape index (κ3) is 2.24. The van der Waals surface area contributed by atoms with Crippen LogP contribution in [0.5, 0.6) is 0 Å². The van der Waals surface area contributed by atoms with E-state index in [1.165, 1.54) is 0 Å². The van der Waals surface area contributed by atoms with Crippen molar-refractivity contribution in [2.75, 3.05) is 6.67 Å². The van der Waals surface area contributed by atoms with Gasteiger partial charge in [-0.2, -0.15) is 22.0 Å². The van der Waals surface area contributed by atoms with Gasteiger partial charge in [-0.05, 0) is 0 Å². The lowest BCUT2D eigenvalue weighted by atomic mass is 10.1. The Morgan fingerprint density at radius 1 is 0.857 bits per heavy atom. The molecule has 0 radical (unpaired) electrons. The Balaban J connectivity index is 4.94. The van der Waals surface area contributed by atoms with Gasteiger partial charge in [0.15, 0.2) is 6.67 Å². The maximum absolute atomic E-state index is 12.0. The van der Waals surface area contributed by atoms with Crippen LogP contribution in [0.1, 0.15) is 0 Å². The smallest absolute Gasteiger partial charge is 0.244 e. The fourth-order valence-electron chi connectivity index (χ4n) is 0.477. The highest BCUT2D eigenvalue weighted by atomic mass is 19.4. The summed E-state index contributed by atoms with van der Waals surface area (Å²) < 4.78 is 105. The van der Waals surface area contributed by atoms with Gasteiger partial charge in [-0.3, -0.25) is 0 Å². The molecule has 0 saturated carbocycles. The zero-order valence-corrected chi connectivity index (χ0v) is 6.19. The first-order valence-corrected chi connectivity index (χ1v) is 2.99. The van der Waals surface area contributed by atoms with Crippen molar-refractivity contribution < 1.29 is 39.5 Å². The molecule has 0 aromatic carbocycles. The van der Waals surface area contributed by atoms with Gasteiger partial charge in [0.05, 0.1) is 0 Å².